The monoisotopic (exact) mass is 300 g/mol. The van der Waals surface area contributed by atoms with Crippen molar-refractivity contribution in [1.82, 2.24) is 9.80 Å². The van der Waals surface area contributed by atoms with Crippen LogP contribution in [0, 0.1) is 5.92 Å². The van der Waals surface area contributed by atoms with E-state index in [9.17, 15) is 14.0 Å². The number of rotatable bonds is 1. The zero-order valence-corrected chi connectivity index (χ0v) is 13.1. The average Bonchev–Trinajstić information content (AvgIpc) is 2.86. The number of ether oxygens (including phenoxy) is 1. The van der Waals surface area contributed by atoms with Crippen LogP contribution < -0.4 is 0 Å². The highest BCUT2D eigenvalue weighted by Gasteiger charge is 2.36. The van der Waals surface area contributed by atoms with E-state index in [-0.39, 0.29) is 17.9 Å². The van der Waals surface area contributed by atoms with Gasteiger partial charge in [-0.3, -0.25) is 4.79 Å². The molecule has 0 spiro atoms. The molecule has 0 saturated carbocycles. The minimum absolute atomic E-state index is 0.0490. The first-order chi connectivity index (χ1) is 9.76. The number of halogens is 1. The summed E-state index contributed by atoms with van der Waals surface area (Å²) >= 11 is 0. The fraction of sp³-hybridized carbons (Fsp3) is 0.867. The van der Waals surface area contributed by atoms with Gasteiger partial charge in [0.1, 0.15) is 11.8 Å². The highest BCUT2D eigenvalue weighted by atomic mass is 19.1. The van der Waals surface area contributed by atoms with Crippen LogP contribution in [0.3, 0.4) is 0 Å². The number of nitrogens with zero attached hydrogens (tertiary/aromatic N) is 2. The third kappa shape index (κ3) is 4.32. The SMILES string of the molecule is CC(C)(C)OC(=O)N1CCC(C(=O)N2CCC(F)CC2)C1. The van der Waals surface area contributed by atoms with Gasteiger partial charge in [-0.15, -0.1) is 0 Å². The number of likely N-dealkylation sites (tertiary alicyclic amines) is 2. The lowest BCUT2D eigenvalue weighted by molar-refractivity contribution is -0.136. The van der Waals surface area contributed by atoms with Crippen molar-refractivity contribution >= 4 is 12.0 Å². The molecule has 2 amide bonds. The van der Waals surface area contributed by atoms with E-state index in [4.69, 9.17) is 4.74 Å². The Balaban J connectivity index is 1.84. The summed E-state index contributed by atoms with van der Waals surface area (Å²) in [4.78, 5) is 27.7. The summed E-state index contributed by atoms with van der Waals surface area (Å²) in [5, 5.41) is 0. The van der Waals surface area contributed by atoms with Crippen molar-refractivity contribution in [3.8, 4) is 0 Å². The predicted octanol–water partition coefficient (Wildman–Crippen LogP) is 2.20. The Labute approximate surface area is 125 Å². The molecular formula is C15H25FN2O3. The first-order valence-electron chi connectivity index (χ1n) is 7.67. The summed E-state index contributed by atoms with van der Waals surface area (Å²) in [6, 6.07) is 0. The molecule has 0 radical (unpaired) electrons. The van der Waals surface area contributed by atoms with Gasteiger partial charge in [-0.2, -0.15) is 0 Å². The molecular weight excluding hydrogens is 275 g/mol. The standard InChI is InChI=1S/C15H25FN2O3/c1-15(2,3)21-14(20)18-7-4-11(10-18)13(19)17-8-5-12(16)6-9-17/h11-12H,4-10H2,1-3H3. The second-order valence-electron chi connectivity index (χ2n) is 6.91. The lowest BCUT2D eigenvalue weighted by atomic mass is 10.0. The number of carbonyl (C=O) groups is 2. The smallest absolute Gasteiger partial charge is 0.410 e. The van der Waals surface area contributed by atoms with Gasteiger partial charge in [-0.1, -0.05) is 0 Å². The molecule has 2 aliphatic heterocycles. The van der Waals surface area contributed by atoms with Crippen LogP contribution in [-0.2, 0) is 9.53 Å². The molecule has 1 atom stereocenters. The number of hydrogen-bond acceptors (Lipinski definition) is 3. The highest BCUT2D eigenvalue weighted by molar-refractivity contribution is 5.80. The molecule has 0 N–H and O–H groups in total. The molecule has 2 saturated heterocycles. The van der Waals surface area contributed by atoms with Crippen molar-refractivity contribution in [2.75, 3.05) is 26.2 Å². The van der Waals surface area contributed by atoms with E-state index in [1.807, 2.05) is 20.8 Å². The van der Waals surface area contributed by atoms with Crippen molar-refractivity contribution in [3.63, 3.8) is 0 Å². The number of hydrogen-bond donors (Lipinski definition) is 0. The largest absolute Gasteiger partial charge is 0.444 e. The minimum atomic E-state index is -0.782. The fourth-order valence-corrected chi connectivity index (χ4v) is 2.78. The minimum Gasteiger partial charge on any atom is -0.444 e. The van der Waals surface area contributed by atoms with Crippen LogP contribution in [0.1, 0.15) is 40.0 Å². The summed E-state index contributed by atoms with van der Waals surface area (Å²) in [7, 11) is 0. The zero-order valence-electron chi connectivity index (χ0n) is 13.1. The molecule has 0 bridgehead atoms. The third-order valence-corrected chi connectivity index (χ3v) is 3.93. The van der Waals surface area contributed by atoms with Crippen LogP contribution in [0.15, 0.2) is 0 Å². The lowest BCUT2D eigenvalue weighted by Gasteiger charge is -2.30. The van der Waals surface area contributed by atoms with Gasteiger partial charge in [-0.05, 0) is 40.0 Å². The molecule has 0 aromatic heterocycles. The first-order valence-corrected chi connectivity index (χ1v) is 7.67. The number of amides is 2. The molecule has 21 heavy (non-hydrogen) atoms. The molecule has 2 aliphatic rings. The summed E-state index contributed by atoms with van der Waals surface area (Å²) in [6.07, 6.45) is 0.368. The van der Waals surface area contributed by atoms with Gasteiger partial charge in [0.15, 0.2) is 0 Å². The van der Waals surface area contributed by atoms with Crippen molar-refractivity contribution in [2.45, 2.75) is 51.8 Å². The molecule has 120 valence electrons. The normalized spacial score (nSPS) is 24.3. The van der Waals surface area contributed by atoms with Crippen molar-refractivity contribution in [3.05, 3.63) is 0 Å². The topological polar surface area (TPSA) is 49.9 Å². The van der Waals surface area contributed by atoms with E-state index in [1.54, 1.807) is 9.80 Å². The predicted molar refractivity (Wildman–Crippen MR) is 76.6 cm³/mol. The van der Waals surface area contributed by atoms with Gasteiger partial charge < -0.3 is 14.5 Å². The number of piperidine rings is 1. The van der Waals surface area contributed by atoms with Gasteiger partial charge in [0.2, 0.25) is 5.91 Å². The Hall–Kier alpha value is -1.33. The second kappa shape index (κ2) is 6.20. The summed E-state index contributed by atoms with van der Waals surface area (Å²) < 4.78 is 18.4. The molecule has 2 fully saturated rings. The van der Waals surface area contributed by atoms with Crippen LogP contribution in [0.4, 0.5) is 9.18 Å². The quantitative estimate of drug-likeness (QED) is 0.746. The Morgan fingerprint density at radius 1 is 1.05 bits per heavy atom. The van der Waals surface area contributed by atoms with Crippen LogP contribution in [-0.4, -0.2) is 59.8 Å². The Kier molecular flexibility index (Phi) is 4.74. The highest BCUT2D eigenvalue weighted by Crippen LogP contribution is 2.23. The van der Waals surface area contributed by atoms with Gasteiger partial charge in [0, 0.05) is 26.2 Å². The Morgan fingerprint density at radius 3 is 2.19 bits per heavy atom. The van der Waals surface area contributed by atoms with E-state index in [0.29, 0.717) is 45.4 Å². The van der Waals surface area contributed by atoms with Gasteiger partial charge >= 0.3 is 6.09 Å². The van der Waals surface area contributed by atoms with Crippen molar-refractivity contribution in [2.24, 2.45) is 5.92 Å². The van der Waals surface area contributed by atoms with Crippen molar-refractivity contribution in [1.29, 1.82) is 0 Å². The summed E-state index contributed by atoms with van der Waals surface area (Å²) in [5.41, 5.74) is -0.526. The van der Waals surface area contributed by atoms with Gasteiger partial charge in [-0.25, -0.2) is 9.18 Å². The van der Waals surface area contributed by atoms with Crippen LogP contribution >= 0.6 is 0 Å². The van der Waals surface area contributed by atoms with Gasteiger partial charge in [0.05, 0.1) is 5.92 Å². The first kappa shape index (κ1) is 16.0. The van der Waals surface area contributed by atoms with Crippen LogP contribution in [0.25, 0.3) is 0 Å². The van der Waals surface area contributed by atoms with E-state index >= 15 is 0 Å². The number of alkyl halides is 1. The third-order valence-electron chi connectivity index (χ3n) is 3.93. The molecule has 0 aliphatic carbocycles. The van der Waals surface area contributed by atoms with E-state index in [2.05, 4.69) is 0 Å². The second-order valence-corrected chi connectivity index (χ2v) is 6.91. The lowest BCUT2D eigenvalue weighted by Crippen LogP contribution is -2.43. The molecule has 5 nitrogen and oxygen atoms in total. The summed E-state index contributed by atoms with van der Waals surface area (Å²) in [6.45, 7) is 7.40. The maximum atomic E-state index is 13.1. The maximum absolute atomic E-state index is 13.1. The average molecular weight is 300 g/mol. The van der Waals surface area contributed by atoms with Gasteiger partial charge in [0.25, 0.3) is 0 Å². The molecule has 1 unspecified atom stereocenters. The molecule has 0 aromatic rings. The zero-order chi connectivity index (χ0) is 15.6. The maximum Gasteiger partial charge on any atom is 0.410 e. The fourth-order valence-electron chi connectivity index (χ4n) is 2.78. The Morgan fingerprint density at radius 2 is 1.62 bits per heavy atom. The molecule has 6 heteroatoms. The van der Waals surface area contributed by atoms with E-state index in [0.717, 1.165) is 0 Å². The van der Waals surface area contributed by atoms with E-state index < -0.39 is 11.8 Å². The molecule has 0 aromatic carbocycles. The molecule has 2 heterocycles. The van der Waals surface area contributed by atoms with Crippen LogP contribution in [0.2, 0.25) is 0 Å². The summed E-state index contributed by atoms with van der Waals surface area (Å²) in [5.74, 6) is -0.123. The Bertz CT molecular complexity index is 400. The number of carbonyl (C=O) groups excluding carboxylic acids is 2. The molecule has 2 rings (SSSR count). The van der Waals surface area contributed by atoms with Crippen molar-refractivity contribution < 1.29 is 18.7 Å². The van der Waals surface area contributed by atoms with Crippen LogP contribution in [0.5, 0.6) is 0 Å². The van der Waals surface area contributed by atoms with E-state index in [1.165, 1.54) is 0 Å².